The smallest absolute Gasteiger partial charge is 0.251 e. The third kappa shape index (κ3) is 5.58. The van der Waals surface area contributed by atoms with E-state index in [0.29, 0.717) is 12.0 Å². The molecule has 2 N–H and O–H groups in total. The number of rotatable bonds is 8. The zero-order valence-corrected chi connectivity index (χ0v) is 15.8. The normalized spacial score (nSPS) is 12.8. The summed E-state index contributed by atoms with van der Waals surface area (Å²) in [6.45, 7) is 1.93. The Morgan fingerprint density at radius 1 is 0.893 bits per heavy atom. The molecule has 2 atom stereocenters. The highest BCUT2D eigenvalue weighted by atomic mass is 16.3. The lowest BCUT2D eigenvalue weighted by Gasteiger charge is -2.20. The number of nitrogens with one attached hydrogen (secondary N) is 2. The summed E-state index contributed by atoms with van der Waals surface area (Å²) in [5.41, 5.74) is 1.45. The topological polar surface area (TPSA) is 71.3 Å². The third-order valence-corrected chi connectivity index (χ3v) is 4.43. The fourth-order valence-electron chi connectivity index (χ4n) is 3.07. The predicted molar refractivity (Wildman–Crippen MR) is 108 cm³/mol. The van der Waals surface area contributed by atoms with Gasteiger partial charge in [-0.25, -0.2) is 0 Å². The van der Waals surface area contributed by atoms with E-state index in [1.54, 1.807) is 18.4 Å². The molecule has 3 aromatic rings. The van der Waals surface area contributed by atoms with Crippen molar-refractivity contribution >= 4 is 11.8 Å². The van der Waals surface area contributed by atoms with Gasteiger partial charge in [-0.05, 0) is 36.8 Å². The fourth-order valence-corrected chi connectivity index (χ4v) is 3.07. The van der Waals surface area contributed by atoms with Gasteiger partial charge in [0.1, 0.15) is 5.76 Å². The van der Waals surface area contributed by atoms with Gasteiger partial charge in [-0.2, -0.15) is 0 Å². The maximum Gasteiger partial charge on any atom is 0.251 e. The van der Waals surface area contributed by atoms with Crippen LogP contribution in [0.15, 0.2) is 83.5 Å². The molecule has 1 aromatic heterocycles. The summed E-state index contributed by atoms with van der Waals surface area (Å²) in [5, 5.41) is 5.96. The molecule has 1 heterocycles. The molecule has 28 heavy (non-hydrogen) atoms. The van der Waals surface area contributed by atoms with Gasteiger partial charge >= 0.3 is 0 Å². The highest BCUT2D eigenvalue weighted by Gasteiger charge is 2.20. The van der Waals surface area contributed by atoms with E-state index in [4.69, 9.17) is 4.42 Å². The number of amides is 2. The average molecular weight is 376 g/mol. The van der Waals surface area contributed by atoms with Gasteiger partial charge in [-0.3, -0.25) is 9.59 Å². The van der Waals surface area contributed by atoms with Gasteiger partial charge in [-0.1, -0.05) is 48.5 Å². The molecule has 0 bridgehead atoms. The van der Waals surface area contributed by atoms with E-state index in [0.717, 1.165) is 11.3 Å². The summed E-state index contributed by atoms with van der Waals surface area (Å²) < 4.78 is 5.33. The second-order valence-corrected chi connectivity index (χ2v) is 6.76. The molecule has 5 heteroatoms. The molecule has 3 rings (SSSR count). The first kappa shape index (κ1) is 19.4. The lowest BCUT2D eigenvalue weighted by molar-refractivity contribution is -0.122. The van der Waals surface area contributed by atoms with Crippen molar-refractivity contribution in [2.24, 2.45) is 0 Å². The molecule has 2 unspecified atom stereocenters. The SMILES string of the molecule is CC(Cc1ccco1)NC(=O)CC(NC(=O)c1ccccc1)c1ccccc1. The van der Waals surface area contributed by atoms with Crippen LogP contribution >= 0.6 is 0 Å². The first-order chi connectivity index (χ1) is 13.6. The molecule has 0 spiro atoms. The van der Waals surface area contributed by atoms with Crippen LogP contribution in [0.25, 0.3) is 0 Å². The van der Waals surface area contributed by atoms with Crippen molar-refractivity contribution < 1.29 is 14.0 Å². The Labute approximate surface area is 164 Å². The zero-order valence-electron chi connectivity index (χ0n) is 15.8. The Bertz CT molecular complexity index is 877. The Balaban J connectivity index is 1.65. The molecule has 0 fully saturated rings. The molecule has 0 aliphatic carbocycles. The number of hydrogen-bond acceptors (Lipinski definition) is 3. The highest BCUT2D eigenvalue weighted by molar-refractivity contribution is 5.94. The van der Waals surface area contributed by atoms with Crippen LogP contribution in [0, 0.1) is 0 Å². The average Bonchev–Trinajstić information content (AvgIpc) is 3.21. The van der Waals surface area contributed by atoms with Crippen LogP contribution in [-0.2, 0) is 11.2 Å². The monoisotopic (exact) mass is 376 g/mol. The van der Waals surface area contributed by atoms with Crippen LogP contribution in [0.1, 0.15) is 41.1 Å². The summed E-state index contributed by atoms with van der Waals surface area (Å²) in [6.07, 6.45) is 2.39. The summed E-state index contributed by atoms with van der Waals surface area (Å²) in [7, 11) is 0. The molecule has 2 aromatic carbocycles. The number of benzene rings is 2. The lowest BCUT2D eigenvalue weighted by atomic mass is 10.0. The maximum atomic E-state index is 12.6. The number of carbonyl (C=O) groups excluding carboxylic acids is 2. The Morgan fingerprint density at radius 3 is 2.21 bits per heavy atom. The third-order valence-electron chi connectivity index (χ3n) is 4.43. The van der Waals surface area contributed by atoms with Crippen molar-refractivity contribution in [1.82, 2.24) is 10.6 Å². The van der Waals surface area contributed by atoms with E-state index in [2.05, 4.69) is 10.6 Å². The minimum absolute atomic E-state index is 0.0695. The largest absolute Gasteiger partial charge is 0.469 e. The molecule has 0 saturated carbocycles. The van der Waals surface area contributed by atoms with Crippen LogP contribution in [0.3, 0.4) is 0 Å². The quantitative estimate of drug-likeness (QED) is 0.627. The fraction of sp³-hybridized carbons (Fsp3) is 0.217. The van der Waals surface area contributed by atoms with Crippen LogP contribution < -0.4 is 10.6 Å². The Morgan fingerprint density at radius 2 is 1.57 bits per heavy atom. The summed E-state index contributed by atoms with van der Waals surface area (Å²) in [6, 6.07) is 21.8. The standard InChI is InChI=1S/C23H24N2O3/c1-17(15-20-13-8-14-28-20)24-22(26)16-21(18-9-4-2-5-10-18)25-23(27)19-11-6-3-7-12-19/h2-14,17,21H,15-16H2,1H3,(H,24,26)(H,25,27). The molecule has 5 nitrogen and oxygen atoms in total. The van der Waals surface area contributed by atoms with Crippen LogP contribution in [0.4, 0.5) is 0 Å². The lowest BCUT2D eigenvalue weighted by Crippen LogP contribution is -2.38. The molecule has 144 valence electrons. The molecule has 0 aliphatic rings. The molecule has 0 aliphatic heterocycles. The van der Waals surface area contributed by atoms with Gasteiger partial charge in [0.2, 0.25) is 5.91 Å². The molecular weight excluding hydrogens is 352 g/mol. The van der Waals surface area contributed by atoms with Gasteiger partial charge in [-0.15, -0.1) is 0 Å². The Kier molecular flexibility index (Phi) is 6.63. The van der Waals surface area contributed by atoms with E-state index in [1.807, 2.05) is 67.6 Å². The second kappa shape index (κ2) is 9.55. The summed E-state index contributed by atoms with van der Waals surface area (Å²) in [4.78, 5) is 25.2. The van der Waals surface area contributed by atoms with E-state index >= 15 is 0 Å². The minimum Gasteiger partial charge on any atom is -0.469 e. The van der Waals surface area contributed by atoms with Crippen molar-refractivity contribution in [3.8, 4) is 0 Å². The van der Waals surface area contributed by atoms with Gasteiger partial charge in [0.15, 0.2) is 0 Å². The molecule has 0 saturated heterocycles. The van der Waals surface area contributed by atoms with Crippen LogP contribution in [-0.4, -0.2) is 17.9 Å². The molecule has 2 amide bonds. The van der Waals surface area contributed by atoms with E-state index in [1.165, 1.54) is 0 Å². The zero-order chi connectivity index (χ0) is 19.8. The van der Waals surface area contributed by atoms with Gasteiger partial charge in [0.05, 0.1) is 18.7 Å². The van der Waals surface area contributed by atoms with E-state index in [-0.39, 0.29) is 24.3 Å². The van der Waals surface area contributed by atoms with Gasteiger partial charge < -0.3 is 15.1 Å². The summed E-state index contributed by atoms with van der Waals surface area (Å²) in [5.74, 6) is 0.497. The number of hydrogen-bond donors (Lipinski definition) is 2. The Hall–Kier alpha value is -3.34. The van der Waals surface area contributed by atoms with Crippen molar-refractivity contribution in [2.45, 2.75) is 31.8 Å². The number of furan rings is 1. The van der Waals surface area contributed by atoms with Crippen LogP contribution in [0.5, 0.6) is 0 Å². The minimum atomic E-state index is -0.412. The molecular formula is C23H24N2O3. The highest BCUT2D eigenvalue weighted by Crippen LogP contribution is 2.18. The molecule has 0 radical (unpaired) electrons. The predicted octanol–water partition coefficient (Wildman–Crippen LogP) is 3.89. The van der Waals surface area contributed by atoms with Crippen molar-refractivity contribution in [3.05, 3.63) is 95.9 Å². The van der Waals surface area contributed by atoms with Crippen molar-refractivity contribution in [1.29, 1.82) is 0 Å². The van der Waals surface area contributed by atoms with Crippen molar-refractivity contribution in [2.75, 3.05) is 0 Å². The summed E-state index contributed by atoms with van der Waals surface area (Å²) >= 11 is 0. The maximum absolute atomic E-state index is 12.6. The van der Waals surface area contributed by atoms with Crippen LogP contribution in [0.2, 0.25) is 0 Å². The van der Waals surface area contributed by atoms with E-state index < -0.39 is 6.04 Å². The second-order valence-electron chi connectivity index (χ2n) is 6.76. The van der Waals surface area contributed by atoms with Crippen molar-refractivity contribution in [3.63, 3.8) is 0 Å². The van der Waals surface area contributed by atoms with Gasteiger partial charge in [0.25, 0.3) is 5.91 Å². The first-order valence-corrected chi connectivity index (χ1v) is 9.34. The first-order valence-electron chi connectivity index (χ1n) is 9.34. The van der Waals surface area contributed by atoms with E-state index in [9.17, 15) is 9.59 Å². The van der Waals surface area contributed by atoms with Gasteiger partial charge in [0, 0.05) is 18.0 Å². The number of carbonyl (C=O) groups is 2.